The van der Waals surface area contributed by atoms with Gasteiger partial charge in [-0.15, -0.1) is 11.8 Å². The zero-order chi connectivity index (χ0) is 11.0. The van der Waals surface area contributed by atoms with E-state index in [-0.39, 0.29) is 13.0 Å². The molecule has 0 saturated heterocycles. The van der Waals surface area contributed by atoms with Gasteiger partial charge in [0.05, 0.1) is 6.61 Å². The lowest BCUT2D eigenvalue weighted by atomic mass is 10.0. The van der Waals surface area contributed by atoms with Crippen LogP contribution in [0, 0.1) is 17.8 Å². The molecule has 78 valence electrons. The van der Waals surface area contributed by atoms with Gasteiger partial charge >= 0.3 is 11.9 Å². The Kier molecular flexibility index (Phi) is 6.21. The Labute approximate surface area is 83.3 Å². The summed E-state index contributed by atoms with van der Waals surface area (Å²) in [6, 6.07) is 0. The number of rotatable bonds is 5. The van der Waals surface area contributed by atoms with Crippen molar-refractivity contribution in [3.63, 3.8) is 0 Å². The highest BCUT2D eigenvalue weighted by molar-refractivity contribution is 5.93. The third-order valence-corrected chi connectivity index (χ3v) is 1.60. The van der Waals surface area contributed by atoms with Gasteiger partial charge in [-0.3, -0.25) is 9.59 Å². The van der Waals surface area contributed by atoms with E-state index in [1.807, 2.05) is 0 Å². The number of aliphatic carboxylic acids is 1. The van der Waals surface area contributed by atoms with Crippen LogP contribution in [0.2, 0.25) is 0 Å². The number of hydrogen-bond acceptors (Lipinski definition) is 3. The molecule has 1 unspecified atom stereocenters. The monoisotopic (exact) mass is 198 g/mol. The number of esters is 1. The molecule has 0 saturated carbocycles. The van der Waals surface area contributed by atoms with Crippen molar-refractivity contribution in [2.24, 2.45) is 5.92 Å². The second-order valence-electron chi connectivity index (χ2n) is 2.61. The second-order valence-corrected chi connectivity index (χ2v) is 2.61. The summed E-state index contributed by atoms with van der Waals surface area (Å²) in [5.41, 5.74) is 0. The van der Waals surface area contributed by atoms with Crippen LogP contribution in [0.1, 0.15) is 26.7 Å². The maximum atomic E-state index is 11.1. The number of hydrogen-bond donors (Lipinski definition) is 1. The predicted octanol–water partition coefficient (Wildman–Crippen LogP) is 1.05. The molecular formula is C10H14O4. The molecule has 4 nitrogen and oxygen atoms in total. The molecule has 0 rings (SSSR count). The molecule has 1 atom stereocenters. The van der Waals surface area contributed by atoms with E-state index >= 15 is 0 Å². The van der Waals surface area contributed by atoms with Gasteiger partial charge in [-0.25, -0.2) is 0 Å². The SMILES string of the molecule is CC#CCCC(C(=O)O)C(=O)OCC. The number of carboxylic acid groups (broad SMARTS) is 1. The van der Waals surface area contributed by atoms with Gasteiger partial charge in [0, 0.05) is 6.42 Å². The van der Waals surface area contributed by atoms with E-state index in [0.29, 0.717) is 6.42 Å². The first-order valence-electron chi connectivity index (χ1n) is 4.42. The first-order chi connectivity index (χ1) is 6.63. The Hall–Kier alpha value is -1.50. The number of carbonyl (C=O) groups is 2. The van der Waals surface area contributed by atoms with E-state index in [0.717, 1.165) is 0 Å². The molecule has 0 aromatic rings. The summed E-state index contributed by atoms with van der Waals surface area (Å²) in [5, 5.41) is 8.72. The quantitative estimate of drug-likeness (QED) is 0.407. The predicted molar refractivity (Wildman–Crippen MR) is 50.4 cm³/mol. The molecule has 14 heavy (non-hydrogen) atoms. The normalized spacial score (nSPS) is 11.0. The van der Waals surface area contributed by atoms with Gasteiger partial charge in [-0.2, -0.15) is 0 Å². The fourth-order valence-electron chi connectivity index (χ4n) is 0.927. The smallest absolute Gasteiger partial charge is 0.320 e. The topological polar surface area (TPSA) is 63.6 Å². The summed E-state index contributed by atoms with van der Waals surface area (Å²) < 4.78 is 4.63. The van der Waals surface area contributed by atoms with E-state index in [2.05, 4.69) is 16.6 Å². The Morgan fingerprint density at radius 1 is 1.50 bits per heavy atom. The van der Waals surface area contributed by atoms with Crippen molar-refractivity contribution in [3.8, 4) is 11.8 Å². The average molecular weight is 198 g/mol. The maximum Gasteiger partial charge on any atom is 0.320 e. The van der Waals surface area contributed by atoms with E-state index < -0.39 is 17.9 Å². The number of ether oxygens (including phenoxy) is 1. The summed E-state index contributed by atoms with van der Waals surface area (Å²) in [4.78, 5) is 21.8. The lowest BCUT2D eigenvalue weighted by Crippen LogP contribution is -2.25. The van der Waals surface area contributed by atoms with Crippen LogP contribution in [0.15, 0.2) is 0 Å². The van der Waals surface area contributed by atoms with Crippen LogP contribution in [-0.2, 0) is 14.3 Å². The van der Waals surface area contributed by atoms with Gasteiger partial charge in [-0.05, 0) is 20.3 Å². The zero-order valence-electron chi connectivity index (χ0n) is 8.37. The van der Waals surface area contributed by atoms with E-state index in [9.17, 15) is 9.59 Å². The summed E-state index contributed by atoms with van der Waals surface area (Å²) in [5.74, 6) is 2.43. The van der Waals surface area contributed by atoms with Crippen LogP contribution in [0.4, 0.5) is 0 Å². The molecule has 0 aliphatic rings. The minimum Gasteiger partial charge on any atom is -0.481 e. The van der Waals surface area contributed by atoms with Crippen molar-refractivity contribution < 1.29 is 19.4 Å². The Bertz CT molecular complexity index is 259. The first-order valence-corrected chi connectivity index (χ1v) is 4.42. The van der Waals surface area contributed by atoms with Crippen LogP contribution in [-0.4, -0.2) is 23.7 Å². The third-order valence-electron chi connectivity index (χ3n) is 1.60. The van der Waals surface area contributed by atoms with Crippen LogP contribution >= 0.6 is 0 Å². The third kappa shape index (κ3) is 4.51. The highest BCUT2D eigenvalue weighted by atomic mass is 16.5. The molecule has 4 heteroatoms. The summed E-state index contributed by atoms with van der Waals surface area (Å²) in [7, 11) is 0. The van der Waals surface area contributed by atoms with Crippen LogP contribution in [0.5, 0.6) is 0 Å². The minimum absolute atomic E-state index is 0.196. The molecule has 0 aromatic carbocycles. The van der Waals surface area contributed by atoms with E-state index in [1.54, 1.807) is 13.8 Å². The summed E-state index contributed by atoms with van der Waals surface area (Å²) in [6.45, 7) is 3.50. The van der Waals surface area contributed by atoms with Gasteiger partial charge in [0.1, 0.15) is 0 Å². The van der Waals surface area contributed by atoms with Crippen molar-refractivity contribution >= 4 is 11.9 Å². The Balaban J connectivity index is 4.19. The number of carbonyl (C=O) groups excluding carboxylic acids is 1. The number of carboxylic acids is 1. The highest BCUT2D eigenvalue weighted by Crippen LogP contribution is 2.08. The largest absolute Gasteiger partial charge is 0.481 e. The van der Waals surface area contributed by atoms with Gasteiger partial charge in [0.25, 0.3) is 0 Å². The molecule has 0 spiro atoms. The van der Waals surface area contributed by atoms with Gasteiger partial charge in [0.15, 0.2) is 5.92 Å². The fraction of sp³-hybridized carbons (Fsp3) is 0.600. The standard InChI is InChI=1S/C10H14O4/c1-3-5-6-7-8(9(11)12)10(13)14-4-2/h8H,4,6-7H2,1-2H3,(H,11,12). The molecule has 0 heterocycles. The van der Waals surface area contributed by atoms with Crippen LogP contribution in [0.3, 0.4) is 0 Å². The van der Waals surface area contributed by atoms with Crippen molar-refractivity contribution in [2.45, 2.75) is 26.7 Å². The summed E-state index contributed by atoms with van der Waals surface area (Å²) >= 11 is 0. The van der Waals surface area contributed by atoms with Crippen molar-refractivity contribution in [1.29, 1.82) is 0 Å². The lowest BCUT2D eigenvalue weighted by molar-refractivity contribution is -0.158. The lowest BCUT2D eigenvalue weighted by Gasteiger charge is -2.08. The van der Waals surface area contributed by atoms with Gasteiger partial charge < -0.3 is 9.84 Å². The first kappa shape index (κ1) is 12.5. The van der Waals surface area contributed by atoms with Gasteiger partial charge in [0.2, 0.25) is 0 Å². The second kappa shape index (κ2) is 6.96. The average Bonchev–Trinajstić information content (AvgIpc) is 2.12. The molecule has 0 aliphatic heterocycles. The minimum atomic E-state index is -1.15. The molecule has 0 bridgehead atoms. The molecule has 0 aromatic heterocycles. The van der Waals surface area contributed by atoms with E-state index in [1.165, 1.54) is 0 Å². The van der Waals surface area contributed by atoms with Gasteiger partial charge in [-0.1, -0.05) is 0 Å². The summed E-state index contributed by atoms with van der Waals surface area (Å²) in [6.07, 6.45) is 0.598. The highest BCUT2D eigenvalue weighted by Gasteiger charge is 2.26. The molecule has 0 amide bonds. The van der Waals surface area contributed by atoms with Crippen molar-refractivity contribution in [1.82, 2.24) is 0 Å². The fourth-order valence-corrected chi connectivity index (χ4v) is 0.927. The van der Waals surface area contributed by atoms with Crippen LogP contribution in [0.25, 0.3) is 0 Å². The Morgan fingerprint density at radius 2 is 2.14 bits per heavy atom. The molecule has 1 N–H and O–H groups in total. The molecular weight excluding hydrogens is 184 g/mol. The molecule has 0 radical (unpaired) electrons. The van der Waals surface area contributed by atoms with E-state index in [4.69, 9.17) is 5.11 Å². The maximum absolute atomic E-state index is 11.1. The zero-order valence-corrected chi connectivity index (χ0v) is 8.37. The van der Waals surface area contributed by atoms with Crippen molar-refractivity contribution in [3.05, 3.63) is 0 Å². The van der Waals surface area contributed by atoms with Crippen LogP contribution < -0.4 is 0 Å². The molecule has 0 aliphatic carbocycles. The Morgan fingerprint density at radius 3 is 2.57 bits per heavy atom. The van der Waals surface area contributed by atoms with Crippen molar-refractivity contribution in [2.75, 3.05) is 6.61 Å². The molecule has 0 fully saturated rings.